The Morgan fingerprint density at radius 2 is 1.65 bits per heavy atom. The predicted octanol–water partition coefficient (Wildman–Crippen LogP) is 3.86. The first-order valence-electron chi connectivity index (χ1n) is 5.71. The number of hydrogen-bond donors (Lipinski definition) is 0. The molecule has 85 valence electrons. The van der Waals surface area contributed by atoms with E-state index in [0.29, 0.717) is 0 Å². The van der Waals surface area contributed by atoms with E-state index in [9.17, 15) is 4.79 Å². The highest BCUT2D eigenvalue weighted by atomic mass is 16.1. The molecule has 1 atom stereocenters. The van der Waals surface area contributed by atoms with E-state index in [0.717, 1.165) is 16.7 Å². The van der Waals surface area contributed by atoms with E-state index < -0.39 is 0 Å². The van der Waals surface area contributed by atoms with Crippen molar-refractivity contribution in [3.8, 4) is 0 Å². The Bertz CT molecular complexity index is 512. The summed E-state index contributed by atoms with van der Waals surface area (Å²) in [7, 11) is 0. The second kappa shape index (κ2) is 4.96. The van der Waals surface area contributed by atoms with Gasteiger partial charge in [-0.15, -0.1) is 0 Å². The lowest BCUT2D eigenvalue weighted by atomic mass is 9.97. The lowest BCUT2D eigenvalue weighted by molar-refractivity contribution is 0.103. The van der Waals surface area contributed by atoms with Gasteiger partial charge in [0, 0.05) is 11.1 Å². The Labute approximate surface area is 102 Å². The third-order valence-corrected chi connectivity index (χ3v) is 2.75. The second-order valence-electron chi connectivity index (χ2n) is 4.22. The van der Waals surface area contributed by atoms with Gasteiger partial charge in [-0.05, 0) is 24.5 Å². The highest BCUT2D eigenvalue weighted by Crippen LogP contribution is 2.17. The molecule has 0 saturated carbocycles. The van der Waals surface area contributed by atoms with Crippen LogP contribution in [0.25, 0.3) is 0 Å². The molecule has 0 fully saturated rings. The topological polar surface area (TPSA) is 17.1 Å². The van der Waals surface area contributed by atoms with Crippen LogP contribution in [0, 0.1) is 6.92 Å². The van der Waals surface area contributed by atoms with Crippen molar-refractivity contribution in [2.45, 2.75) is 12.8 Å². The van der Waals surface area contributed by atoms with Crippen LogP contribution in [0.15, 0.2) is 54.6 Å². The maximum Gasteiger partial charge on any atom is 0.193 e. The SMILES string of the molecule is [CH2]C(C)c1cccc(C(=O)c2ccccc2)c1. The molecule has 0 bridgehead atoms. The zero-order valence-electron chi connectivity index (χ0n) is 9.89. The van der Waals surface area contributed by atoms with Crippen LogP contribution in [0.4, 0.5) is 0 Å². The zero-order valence-corrected chi connectivity index (χ0v) is 9.89. The van der Waals surface area contributed by atoms with E-state index in [1.54, 1.807) is 0 Å². The van der Waals surface area contributed by atoms with Gasteiger partial charge in [0.1, 0.15) is 0 Å². The molecule has 0 aliphatic carbocycles. The predicted molar refractivity (Wildman–Crippen MR) is 70.1 cm³/mol. The van der Waals surface area contributed by atoms with E-state index >= 15 is 0 Å². The van der Waals surface area contributed by atoms with Crippen LogP contribution in [0.2, 0.25) is 0 Å². The molecule has 1 heteroatoms. The van der Waals surface area contributed by atoms with Crippen LogP contribution in [-0.4, -0.2) is 5.78 Å². The molecule has 17 heavy (non-hydrogen) atoms. The van der Waals surface area contributed by atoms with Crippen molar-refractivity contribution in [2.24, 2.45) is 0 Å². The molecule has 2 rings (SSSR count). The first-order valence-corrected chi connectivity index (χ1v) is 5.71. The minimum atomic E-state index is 0.0631. The van der Waals surface area contributed by atoms with E-state index in [1.165, 1.54) is 0 Å². The summed E-state index contributed by atoms with van der Waals surface area (Å²) in [4.78, 5) is 12.2. The number of hydrogen-bond acceptors (Lipinski definition) is 1. The molecule has 1 nitrogen and oxygen atoms in total. The fourth-order valence-corrected chi connectivity index (χ4v) is 1.74. The lowest BCUT2D eigenvalue weighted by Crippen LogP contribution is -2.02. The average molecular weight is 223 g/mol. The Morgan fingerprint density at radius 1 is 1.00 bits per heavy atom. The number of ketones is 1. The Hall–Kier alpha value is -1.89. The molecule has 0 aliphatic rings. The normalized spacial score (nSPS) is 10.5. The smallest absolute Gasteiger partial charge is 0.193 e. The number of carbonyl (C=O) groups is 1. The maximum absolute atomic E-state index is 12.2. The standard InChI is InChI=1S/C16H15O/c1-12(2)14-9-6-10-15(11-14)16(17)13-7-4-3-5-8-13/h3-12H,1H2,2H3. The van der Waals surface area contributed by atoms with Crippen molar-refractivity contribution in [3.63, 3.8) is 0 Å². The lowest BCUT2D eigenvalue weighted by Gasteiger charge is -2.07. The van der Waals surface area contributed by atoms with Gasteiger partial charge in [-0.3, -0.25) is 4.79 Å². The van der Waals surface area contributed by atoms with Gasteiger partial charge in [-0.2, -0.15) is 0 Å². The first-order chi connectivity index (χ1) is 8.18. The summed E-state index contributed by atoms with van der Waals surface area (Å²) < 4.78 is 0. The highest BCUT2D eigenvalue weighted by molar-refractivity contribution is 6.09. The van der Waals surface area contributed by atoms with Gasteiger partial charge in [0.05, 0.1) is 0 Å². The van der Waals surface area contributed by atoms with E-state index in [-0.39, 0.29) is 11.7 Å². The molecule has 2 aromatic rings. The minimum absolute atomic E-state index is 0.0631. The largest absolute Gasteiger partial charge is 0.289 e. The summed E-state index contributed by atoms with van der Waals surface area (Å²) in [6, 6.07) is 17.0. The molecular formula is C16H15O. The molecule has 0 aliphatic heterocycles. The molecule has 0 heterocycles. The first kappa shape index (κ1) is 11.6. The van der Waals surface area contributed by atoms with Crippen LogP contribution < -0.4 is 0 Å². The van der Waals surface area contributed by atoms with Crippen molar-refractivity contribution in [1.82, 2.24) is 0 Å². The quantitative estimate of drug-likeness (QED) is 0.722. The van der Waals surface area contributed by atoms with Gasteiger partial charge in [0.2, 0.25) is 0 Å². The summed E-state index contributed by atoms with van der Waals surface area (Å²) in [5.74, 6) is 0.256. The molecule has 1 radical (unpaired) electrons. The van der Waals surface area contributed by atoms with Crippen molar-refractivity contribution in [1.29, 1.82) is 0 Å². The summed E-state index contributed by atoms with van der Waals surface area (Å²) in [6.45, 7) is 5.99. The number of rotatable bonds is 3. The Balaban J connectivity index is 2.35. The molecule has 1 unspecified atom stereocenters. The third-order valence-electron chi connectivity index (χ3n) is 2.75. The average Bonchev–Trinajstić information content (AvgIpc) is 2.39. The molecule has 0 aromatic heterocycles. The van der Waals surface area contributed by atoms with Crippen LogP contribution in [0.1, 0.15) is 34.3 Å². The van der Waals surface area contributed by atoms with E-state index in [2.05, 4.69) is 6.92 Å². The Kier molecular flexibility index (Phi) is 3.38. The molecule has 2 aromatic carbocycles. The van der Waals surface area contributed by atoms with Crippen molar-refractivity contribution in [2.75, 3.05) is 0 Å². The summed E-state index contributed by atoms with van der Waals surface area (Å²) in [5, 5.41) is 0. The molecule has 0 spiro atoms. The monoisotopic (exact) mass is 223 g/mol. The van der Waals surface area contributed by atoms with E-state index in [4.69, 9.17) is 0 Å². The van der Waals surface area contributed by atoms with Crippen LogP contribution in [0.5, 0.6) is 0 Å². The fraction of sp³-hybridized carbons (Fsp3) is 0.125. The van der Waals surface area contributed by atoms with E-state index in [1.807, 2.05) is 61.5 Å². The maximum atomic E-state index is 12.2. The van der Waals surface area contributed by atoms with Crippen molar-refractivity contribution >= 4 is 5.78 Å². The van der Waals surface area contributed by atoms with Crippen LogP contribution in [0.3, 0.4) is 0 Å². The molecule has 0 saturated heterocycles. The van der Waals surface area contributed by atoms with Crippen LogP contribution in [-0.2, 0) is 0 Å². The second-order valence-corrected chi connectivity index (χ2v) is 4.22. The van der Waals surface area contributed by atoms with Gasteiger partial charge >= 0.3 is 0 Å². The zero-order chi connectivity index (χ0) is 12.3. The van der Waals surface area contributed by atoms with Gasteiger partial charge in [-0.25, -0.2) is 0 Å². The molecule has 0 amide bonds. The number of carbonyl (C=O) groups excluding carboxylic acids is 1. The van der Waals surface area contributed by atoms with Gasteiger partial charge in [0.15, 0.2) is 5.78 Å². The minimum Gasteiger partial charge on any atom is -0.289 e. The summed E-state index contributed by atoms with van der Waals surface area (Å²) in [6.07, 6.45) is 0. The Morgan fingerprint density at radius 3 is 2.29 bits per heavy atom. The fourth-order valence-electron chi connectivity index (χ4n) is 1.74. The molecule has 0 N–H and O–H groups in total. The summed E-state index contributed by atoms with van der Waals surface area (Å²) in [5.41, 5.74) is 2.54. The summed E-state index contributed by atoms with van der Waals surface area (Å²) >= 11 is 0. The molecular weight excluding hydrogens is 208 g/mol. The van der Waals surface area contributed by atoms with Gasteiger partial charge < -0.3 is 0 Å². The highest BCUT2D eigenvalue weighted by Gasteiger charge is 2.09. The number of benzene rings is 2. The van der Waals surface area contributed by atoms with Crippen LogP contribution >= 0.6 is 0 Å². The third kappa shape index (κ3) is 2.62. The van der Waals surface area contributed by atoms with Gasteiger partial charge in [-0.1, -0.05) is 55.5 Å². The van der Waals surface area contributed by atoms with Gasteiger partial charge in [0.25, 0.3) is 0 Å². The van der Waals surface area contributed by atoms with Crippen molar-refractivity contribution in [3.05, 3.63) is 78.2 Å². The van der Waals surface area contributed by atoms with Crippen molar-refractivity contribution < 1.29 is 4.79 Å².